The van der Waals surface area contributed by atoms with Crippen molar-refractivity contribution in [3.63, 3.8) is 0 Å². The lowest BCUT2D eigenvalue weighted by atomic mass is 10.3. The van der Waals surface area contributed by atoms with Crippen molar-refractivity contribution in [1.29, 1.82) is 0 Å². The third kappa shape index (κ3) is 2.87. The van der Waals surface area contributed by atoms with Crippen LogP contribution in [-0.4, -0.2) is 43.7 Å². The zero-order valence-corrected chi connectivity index (χ0v) is 13.2. The van der Waals surface area contributed by atoms with Gasteiger partial charge in [-0.3, -0.25) is 18.7 Å². The summed E-state index contributed by atoms with van der Waals surface area (Å²) in [6.07, 6.45) is 1.30. The number of methoxy groups -OCH3 is 1. The highest BCUT2D eigenvalue weighted by Gasteiger charge is 2.19. The molecule has 0 radical (unpaired) electrons. The molecule has 0 aliphatic rings. The Labute approximate surface area is 130 Å². The second-order valence-electron chi connectivity index (χ2n) is 5.06. The zero-order valence-electron chi connectivity index (χ0n) is 13.2. The normalized spacial score (nSPS) is 12.2. The van der Waals surface area contributed by atoms with Crippen LogP contribution in [0.15, 0.2) is 15.9 Å². The number of carbonyl (C=O) groups is 2. The molecule has 2 aromatic rings. The molecule has 1 amide bonds. The fourth-order valence-corrected chi connectivity index (χ4v) is 2.19. The Morgan fingerprint density at radius 1 is 1.30 bits per heavy atom. The van der Waals surface area contributed by atoms with Gasteiger partial charge in [-0.1, -0.05) is 0 Å². The number of hydrogen-bond acceptors (Lipinski definition) is 6. The summed E-state index contributed by atoms with van der Waals surface area (Å²) in [5, 5.41) is 2.45. The summed E-state index contributed by atoms with van der Waals surface area (Å²) in [6, 6.07) is -0.811. The van der Waals surface area contributed by atoms with Crippen molar-refractivity contribution in [3.05, 3.63) is 27.2 Å². The molecule has 2 aromatic heterocycles. The summed E-state index contributed by atoms with van der Waals surface area (Å²) < 4.78 is 8.01. The minimum atomic E-state index is -0.811. The number of imidazole rings is 1. The number of aryl methyl sites for hydroxylation is 1. The number of aromatic nitrogens is 4. The van der Waals surface area contributed by atoms with Crippen LogP contribution in [0.25, 0.3) is 11.2 Å². The maximum atomic E-state index is 12.2. The quantitative estimate of drug-likeness (QED) is 0.658. The zero-order chi connectivity index (χ0) is 17.3. The molecular weight excluding hydrogens is 306 g/mol. The van der Waals surface area contributed by atoms with E-state index in [1.807, 2.05) is 0 Å². The lowest BCUT2D eigenvalue weighted by Crippen LogP contribution is -2.41. The molecule has 0 aromatic carbocycles. The Kier molecular flexibility index (Phi) is 4.34. The molecule has 10 heteroatoms. The van der Waals surface area contributed by atoms with E-state index in [1.54, 1.807) is 0 Å². The van der Waals surface area contributed by atoms with E-state index in [-0.39, 0.29) is 17.7 Å². The van der Waals surface area contributed by atoms with Crippen molar-refractivity contribution in [3.8, 4) is 0 Å². The summed E-state index contributed by atoms with van der Waals surface area (Å²) in [5.41, 5.74) is -0.728. The maximum Gasteiger partial charge on any atom is 0.332 e. The van der Waals surface area contributed by atoms with Crippen LogP contribution in [0.3, 0.4) is 0 Å². The summed E-state index contributed by atoms with van der Waals surface area (Å²) in [4.78, 5) is 51.3. The van der Waals surface area contributed by atoms with Crippen LogP contribution in [0.1, 0.15) is 6.92 Å². The molecule has 0 unspecified atom stereocenters. The molecule has 0 bridgehead atoms. The number of hydrogen-bond donors (Lipinski definition) is 1. The van der Waals surface area contributed by atoms with Gasteiger partial charge in [0.15, 0.2) is 11.2 Å². The molecule has 0 saturated heterocycles. The minimum absolute atomic E-state index is 0.135. The predicted octanol–water partition coefficient (Wildman–Crippen LogP) is -1.89. The van der Waals surface area contributed by atoms with Gasteiger partial charge in [0.05, 0.1) is 13.4 Å². The van der Waals surface area contributed by atoms with Crippen LogP contribution < -0.4 is 16.6 Å². The Bertz CT molecular complexity index is 891. The Hall–Kier alpha value is -2.91. The number of esters is 1. The third-order valence-corrected chi connectivity index (χ3v) is 3.46. The molecule has 2 rings (SSSR count). The average Bonchev–Trinajstić information content (AvgIpc) is 2.93. The summed E-state index contributed by atoms with van der Waals surface area (Å²) in [5.74, 6) is -1.06. The lowest BCUT2D eigenvalue weighted by Gasteiger charge is -2.12. The van der Waals surface area contributed by atoms with Crippen LogP contribution in [0, 0.1) is 0 Å². The van der Waals surface area contributed by atoms with Gasteiger partial charge in [0.1, 0.15) is 12.6 Å². The number of nitrogens with one attached hydrogen (secondary N) is 1. The highest BCUT2D eigenvalue weighted by atomic mass is 16.5. The molecule has 0 aliphatic heterocycles. The number of amides is 1. The monoisotopic (exact) mass is 323 g/mol. The van der Waals surface area contributed by atoms with Crippen molar-refractivity contribution in [2.45, 2.75) is 19.5 Å². The molecular formula is C13H17N5O5. The second kappa shape index (κ2) is 6.07. The van der Waals surface area contributed by atoms with Crippen LogP contribution >= 0.6 is 0 Å². The van der Waals surface area contributed by atoms with E-state index < -0.39 is 29.2 Å². The van der Waals surface area contributed by atoms with E-state index >= 15 is 0 Å². The van der Waals surface area contributed by atoms with Crippen molar-refractivity contribution >= 4 is 23.0 Å². The maximum absolute atomic E-state index is 12.2. The largest absolute Gasteiger partial charge is 0.467 e. The van der Waals surface area contributed by atoms with Gasteiger partial charge in [0, 0.05) is 14.1 Å². The average molecular weight is 323 g/mol. The van der Waals surface area contributed by atoms with E-state index in [9.17, 15) is 19.2 Å². The molecule has 23 heavy (non-hydrogen) atoms. The van der Waals surface area contributed by atoms with Crippen molar-refractivity contribution < 1.29 is 14.3 Å². The number of ether oxygens (including phenoxy) is 1. The molecule has 2 heterocycles. The molecule has 0 saturated carbocycles. The van der Waals surface area contributed by atoms with E-state index in [0.29, 0.717) is 0 Å². The molecule has 1 N–H and O–H groups in total. The van der Waals surface area contributed by atoms with E-state index in [2.05, 4.69) is 15.0 Å². The molecule has 10 nitrogen and oxygen atoms in total. The SMILES string of the molecule is COC(=O)[C@H](C)NC(=O)Cn1cnc2c1c(=O)n(C)c(=O)n2C. The molecule has 0 spiro atoms. The second-order valence-corrected chi connectivity index (χ2v) is 5.06. The summed E-state index contributed by atoms with van der Waals surface area (Å²) >= 11 is 0. The fraction of sp³-hybridized carbons (Fsp3) is 0.462. The predicted molar refractivity (Wildman–Crippen MR) is 79.8 cm³/mol. The number of nitrogens with zero attached hydrogens (tertiary/aromatic N) is 4. The van der Waals surface area contributed by atoms with E-state index in [0.717, 1.165) is 4.57 Å². The van der Waals surface area contributed by atoms with Crippen LogP contribution in [-0.2, 0) is 35.0 Å². The van der Waals surface area contributed by atoms with E-state index in [4.69, 9.17) is 0 Å². The highest BCUT2D eigenvalue weighted by molar-refractivity contribution is 5.84. The van der Waals surface area contributed by atoms with Crippen molar-refractivity contribution in [1.82, 2.24) is 24.0 Å². The topological polar surface area (TPSA) is 117 Å². The van der Waals surface area contributed by atoms with Gasteiger partial charge in [-0.05, 0) is 6.92 Å². The highest BCUT2D eigenvalue weighted by Crippen LogP contribution is 2.05. The summed E-state index contributed by atoms with van der Waals surface area (Å²) in [6.45, 7) is 1.27. The van der Waals surface area contributed by atoms with Gasteiger partial charge in [-0.25, -0.2) is 14.6 Å². The Morgan fingerprint density at radius 2 is 1.96 bits per heavy atom. The van der Waals surface area contributed by atoms with Crippen molar-refractivity contribution in [2.24, 2.45) is 14.1 Å². The van der Waals surface area contributed by atoms with Gasteiger partial charge in [-0.15, -0.1) is 0 Å². The first kappa shape index (κ1) is 16.5. The molecule has 0 aliphatic carbocycles. The summed E-state index contributed by atoms with van der Waals surface area (Å²) in [7, 11) is 4.06. The van der Waals surface area contributed by atoms with Crippen molar-refractivity contribution in [2.75, 3.05) is 7.11 Å². The smallest absolute Gasteiger partial charge is 0.332 e. The standard InChI is InChI=1S/C13H17N5O5/c1-7(12(21)23-4)15-8(19)5-18-6-14-10-9(18)11(20)17(3)13(22)16(10)2/h6-7H,5H2,1-4H3,(H,15,19)/t7-/m0/s1. The van der Waals surface area contributed by atoms with Gasteiger partial charge < -0.3 is 14.6 Å². The molecule has 124 valence electrons. The van der Waals surface area contributed by atoms with E-state index in [1.165, 1.54) is 43.6 Å². The van der Waals surface area contributed by atoms with Crippen LogP contribution in [0.5, 0.6) is 0 Å². The third-order valence-electron chi connectivity index (χ3n) is 3.46. The molecule has 0 fully saturated rings. The first-order valence-electron chi connectivity index (χ1n) is 6.76. The van der Waals surface area contributed by atoms with Gasteiger partial charge in [0.2, 0.25) is 5.91 Å². The van der Waals surface area contributed by atoms with Gasteiger partial charge in [0.25, 0.3) is 5.56 Å². The first-order valence-corrected chi connectivity index (χ1v) is 6.76. The number of carbonyl (C=O) groups excluding carboxylic acids is 2. The van der Waals surface area contributed by atoms with Gasteiger partial charge in [-0.2, -0.15) is 0 Å². The van der Waals surface area contributed by atoms with Crippen LogP contribution in [0.2, 0.25) is 0 Å². The fourth-order valence-electron chi connectivity index (χ4n) is 2.19. The number of rotatable bonds is 4. The number of fused-ring (bicyclic) bond motifs is 1. The first-order chi connectivity index (χ1) is 10.8. The lowest BCUT2D eigenvalue weighted by molar-refractivity contribution is -0.144. The Morgan fingerprint density at radius 3 is 2.57 bits per heavy atom. The van der Waals surface area contributed by atoms with Gasteiger partial charge >= 0.3 is 11.7 Å². The van der Waals surface area contributed by atoms with Crippen LogP contribution in [0.4, 0.5) is 0 Å². The Balaban J connectivity index is 2.36. The minimum Gasteiger partial charge on any atom is -0.467 e. The molecule has 1 atom stereocenters.